The number of nitrogens with two attached hydrogens (primary N) is 1. The van der Waals surface area contributed by atoms with Crippen molar-refractivity contribution in [3.63, 3.8) is 0 Å². The predicted octanol–water partition coefficient (Wildman–Crippen LogP) is -4.81. The highest BCUT2D eigenvalue weighted by atomic mass is 16.4. The molecule has 9 amide bonds. The summed E-state index contributed by atoms with van der Waals surface area (Å²) in [7, 11) is 0. The number of carbonyl (C=O) groups excluding carboxylic acids is 9. The van der Waals surface area contributed by atoms with Gasteiger partial charge in [-0.25, -0.2) is 9.78 Å². The molecule has 10 atom stereocenters. The molecule has 0 aliphatic carbocycles. The third-order valence-corrected chi connectivity index (χ3v) is 11.6. The number of aromatic nitrogens is 2. The summed E-state index contributed by atoms with van der Waals surface area (Å²) in [6, 6.07) is -5.28. The number of aromatic amines is 1. The minimum absolute atomic E-state index is 0.0678. The van der Waals surface area contributed by atoms with Crippen LogP contribution in [0.4, 0.5) is 0 Å². The maximum absolute atomic E-state index is 13.7. The number of H-pyrrole nitrogens is 1. The number of aliphatic hydroxyl groups is 3. The first-order chi connectivity index (χ1) is 34.0. The largest absolute Gasteiger partial charge is 0.480 e. The molecule has 15 N–H and O–H groups in total. The summed E-state index contributed by atoms with van der Waals surface area (Å²) >= 11 is 0. The number of imidazole rings is 1. The molecule has 0 unspecified atom stereocenters. The van der Waals surface area contributed by atoms with Crippen LogP contribution in [0.1, 0.15) is 72.1 Å². The predicted molar refractivity (Wildman–Crippen MR) is 255 cm³/mol. The van der Waals surface area contributed by atoms with Crippen LogP contribution >= 0.6 is 0 Å². The second-order valence-corrected chi connectivity index (χ2v) is 18.3. The van der Waals surface area contributed by atoms with E-state index in [1.165, 1.54) is 31.3 Å². The van der Waals surface area contributed by atoms with Gasteiger partial charge in [0.25, 0.3) is 0 Å². The second kappa shape index (κ2) is 28.7. The molecule has 26 heteroatoms. The molecule has 2 heterocycles. The van der Waals surface area contributed by atoms with Crippen LogP contribution in [-0.2, 0) is 60.8 Å². The Morgan fingerprint density at radius 3 is 1.57 bits per heavy atom. The Kier molecular flexibility index (Phi) is 23.7. The summed E-state index contributed by atoms with van der Waals surface area (Å²) in [5.74, 6) is -9.60. The first kappa shape index (κ1) is 59.3. The maximum atomic E-state index is 13.7. The van der Waals surface area contributed by atoms with Gasteiger partial charge in [0.15, 0.2) is 0 Å². The number of carboxylic acids is 1. The van der Waals surface area contributed by atoms with Gasteiger partial charge in [-0.15, -0.1) is 0 Å². The number of carbonyl (C=O) groups is 10. The topological polar surface area (TPSA) is 406 Å². The van der Waals surface area contributed by atoms with Crippen molar-refractivity contribution in [3.8, 4) is 0 Å². The van der Waals surface area contributed by atoms with E-state index in [9.17, 15) is 68.4 Å². The molecule has 0 saturated carbocycles. The van der Waals surface area contributed by atoms with E-state index in [1.807, 2.05) is 13.8 Å². The highest BCUT2D eigenvalue weighted by Gasteiger charge is 2.39. The van der Waals surface area contributed by atoms with Crippen molar-refractivity contribution in [1.29, 1.82) is 0 Å². The zero-order valence-corrected chi connectivity index (χ0v) is 41.2. The molecular formula is C46H70N12O14. The molecule has 0 bridgehead atoms. The van der Waals surface area contributed by atoms with Gasteiger partial charge < -0.3 is 78.6 Å². The first-order valence-electron chi connectivity index (χ1n) is 23.6. The fraction of sp³-hybridized carbons (Fsp3) is 0.587. The van der Waals surface area contributed by atoms with Gasteiger partial charge >= 0.3 is 5.97 Å². The number of nitrogens with zero attached hydrogens (tertiary/aromatic N) is 2. The molecule has 26 nitrogen and oxygen atoms in total. The van der Waals surface area contributed by atoms with E-state index in [0.29, 0.717) is 30.6 Å². The summed E-state index contributed by atoms with van der Waals surface area (Å²) in [6.45, 7) is 6.92. The second-order valence-electron chi connectivity index (χ2n) is 18.3. The van der Waals surface area contributed by atoms with Crippen molar-refractivity contribution in [2.45, 2.75) is 134 Å². The van der Waals surface area contributed by atoms with E-state index in [0.717, 1.165) is 0 Å². The molecule has 2 aromatic rings. The van der Waals surface area contributed by atoms with Crippen LogP contribution in [0.25, 0.3) is 0 Å². The number of carboxylic acid groups (broad SMARTS) is 1. The number of rotatable bonds is 28. The number of benzene rings is 1. The number of aliphatic carboxylic acids is 1. The van der Waals surface area contributed by atoms with E-state index in [2.05, 4.69) is 52.5 Å². The van der Waals surface area contributed by atoms with Gasteiger partial charge in [0.1, 0.15) is 54.4 Å². The average Bonchev–Trinajstić information content (AvgIpc) is 4.06. The van der Waals surface area contributed by atoms with Gasteiger partial charge in [0.2, 0.25) is 53.2 Å². The Morgan fingerprint density at radius 2 is 1.11 bits per heavy atom. The van der Waals surface area contributed by atoms with Crippen LogP contribution in [0.15, 0.2) is 42.9 Å². The highest BCUT2D eigenvalue weighted by molar-refractivity contribution is 5.98. The first-order valence-corrected chi connectivity index (χ1v) is 23.6. The molecule has 0 spiro atoms. The van der Waals surface area contributed by atoms with Crippen LogP contribution in [0.5, 0.6) is 0 Å². The van der Waals surface area contributed by atoms with Crippen LogP contribution in [-0.4, -0.2) is 181 Å². The molecule has 1 aromatic carbocycles. The van der Waals surface area contributed by atoms with Crippen LogP contribution < -0.4 is 48.3 Å². The van der Waals surface area contributed by atoms with Crippen molar-refractivity contribution in [3.05, 3.63) is 54.1 Å². The molecular weight excluding hydrogens is 945 g/mol. The Morgan fingerprint density at radius 1 is 0.639 bits per heavy atom. The Bertz CT molecular complexity index is 2180. The third kappa shape index (κ3) is 18.0. The maximum Gasteiger partial charge on any atom is 0.326 e. The smallest absolute Gasteiger partial charge is 0.326 e. The van der Waals surface area contributed by atoms with Crippen molar-refractivity contribution >= 4 is 59.1 Å². The van der Waals surface area contributed by atoms with Crippen LogP contribution in [0.2, 0.25) is 0 Å². The minimum Gasteiger partial charge on any atom is -0.480 e. The molecule has 3 rings (SSSR count). The van der Waals surface area contributed by atoms with Crippen molar-refractivity contribution in [2.75, 3.05) is 26.4 Å². The van der Waals surface area contributed by atoms with Gasteiger partial charge in [0.05, 0.1) is 32.2 Å². The van der Waals surface area contributed by atoms with Gasteiger partial charge in [0, 0.05) is 31.3 Å². The van der Waals surface area contributed by atoms with Crippen molar-refractivity contribution in [2.24, 2.45) is 17.6 Å². The summed E-state index contributed by atoms with van der Waals surface area (Å²) in [5, 5.41) is 58.6. The fourth-order valence-electron chi connectivity index (χ4n) is 7.38. The molecule has 1 saturated heterocycles. The normalized spacial score (nSPS) is 17.1. The molecule has 1 aromatic heterocycles. The molecule has 1 aliphatic rings. The minimum atomic E-state index is -1.84. The SMILES string of the molecule is CC(C)C[C@H](NC(=O)[C@@H]1CCCN1C(=O)[C@@H](N)C(C)C)C(=O)N[C@@H](C)C(=O)N[C@@H](Cc1cnc[nH]1)C(=O)N[C@@H](CO)C(=O)N[C@@H](CO)C(=O)N[C@@H](CO)C(=O)N[C@@H](C)C(=O)N[C@@H](Cc1ccccc1)C(=O)O. The highest BCUT2D eigenvalue weighted by Crippen LogP contribution is 2.20. The summed E-state index contributed by atoms with van der Waals surface area (Å²) in [6.07, 6.45) is 3.41. The Balaban J connectivity index is 1.64. The van der Waals surface area contributed by atoms with Gasteiger partial charge in [-0.05, 0) is 50.5 Å². The molecule has 72 heavy (non-hydrogen) atoms. The fourth-order valence-corrected chi connectivity index (χ4v) is 7.38. The standard InChI is InChI=1S/C46H70N12O14/c1-23(2)15-29(53-44(69)35-13-10-14-58(35)45(70)36(47)24(3)4)39(64)50-25(5)37(62)52-30(17-28-18-48-22-49-28)40(65)55-33(20-60)42(67)57-34(21-61)43(68)56-32(19-59)41(66)51-26(6)38(63)54-31(46(71)72)16-27-11-8-7-9-12-27/h7-9,11-12,18,22-26,29-36,59-61H,10,13-17,19-21,47H2,1-6H3,(H,48,49)(H,50,64)(H,51,66)(H,52,62)(H,53,69)(H,54,63)(H,55,65)(H,56,68)(H,57,67)(H,71,72)/t25-,26-,29-,30-,31-,32-,33-,34-,35-,36-/m0/s1. The summed E-state index contributed by atoms with van der Waals surface area (Å²) < 4.78 is 0. The number of nitrogens with one attached hydrogen (secondary N) is 9. The van der Waals surface area contributed by atoms with E-state index in [4.69, 9.17) is 5.73 Å². The molecule has 0 radical (unpaired) electrons. The lowest BCUT2D eigenvalue weighted by molar-refractivity contribution is -0.142. The van der Waals surface area contributed by atoms with Crippen LogP contribution in [0.3, 0.4) is 0 Å². The van der Waals surface area contributed by atoms with Crippen molar-refractivity contribution < 1.29 is 68.4 Å². The quantitative estimate of drug-likeness (QED) is 0.0380. The lowest BCUT2D eigenvalue weighted by atomic mass is 10.0. The van der Waals surface area contributed by atoms with Gasteiger partial charge in [-0.1, -0.05) is 58.0 Å². The van der Waals surface area contributed by atoms with Crippen LogP contribution in [0, 0.1) is 11.8 Å². The number of likely N-dealkylation sites (tertiary alicyclic amines) is 1. The third-order valence-electron chi connectivity index (χ3n) is 11.6. The number of hydrogen-bond donors (Lipinski definition) is 14. The van der Waals surface area contributed by atoms with Gasteiger partial charge in [-0.3, -0.25) is 43.2 Å². The summed E-state index contributed by atoms with van der Waals surface area (Å²) in [5.41, 5.74) is 7.05. The Labute approximate surface area is 416 Å². The molecule has 1 fully saturated rings. The van der Waals surface area contributed by atoms with E-state index < -0.39 is 133 Å². The molecule has 398 valence electrons. The summed E-state index contributed by atoms with van der Waals surface area (Å²) in [4.78, 5) is 140. The zero-order valence-electron chi connectivity index (χ0n) is 41.2. The van der Waals surface area contributed by atoms with E-state index >= 15 is 0 Å². The van der Waals surface area contributed by atoms with E-state index in [1.54, 1.807) is 44.2 Å². The van der Waals surface area contributed by atoms with E-state index in [-0.39, 0.29) is 37.0 Å². The lowest BCUT2D eigenvalue weighted by Gasteiger charge is -2.30. The Hall–Kier alpha value is -7.03. The number of amides is 9. The van der Waals surface area contributed by atoms with Crippen molar-refractivity contribution in [1.82, 2.24) is 57.4 Å². The average molecular weight is 1020 g/mol. The number of aliphatic hydroxyl groups excluding tert-OH is 3. The number of hydrogen-bond acceptors (Lipinski definition) is 15. The lowest BCUT2D eigenvalue weighted by Crippen LogP contribution is -2.61. The monoisotopic (exact) mass is 1010 g/mol. The van der Waals surface area contributed by atoms with Gasteiger partial charge in [-0.2, -0.15) is 0 Å². The zero-order chi connectivity index (χ0) is 53.8. The molecule has 1 aliphatic heterocycles.